The highest BCUT2D eigenvalue weighted by atomic mass is 16.2. The molecule has 0 spiro atoms. The summed E-state index contributed by atoms with van der Waals surface area (Å²) in [6, 6.07) is 7.24. The summed E-state index contributed by atoms with van der Waals surface area (Å²) in [5.41, 5.74) is 1.70. The van der Waals surface area contributed by atoms with Crippen molar-refractivity contribution in [2.24, 2.45) is 5.92 Å². The van der Waals surface area contributed by atoms with Crippen LogP contribution in [0.1, 0.15) is 44.7 Å². The lowest BCUT2D eigenvalue weighted by atomic mass is 10.1. The number of hydrogen-bond acceptors (Lipinski definition) is 3. The first-order valence-corrected chi connectivity index (χ1v) is 7.96. The molecule has 1 unspecified atom stereocenters. The average Bonchev–Trinajstić information content (AvgIpc) is 3.38. The van der Waals surface area contributed by atoms with Gasteiger partial charge in [-0.05, 0) is 37.5 Å². The molecule has 0 saturated heterocycles. The molecule has 6 heteroatoms. The Bertz CT molecular complexity index is 579. The highest BCUT2D eigenvalue weighted by Crippen LogP contribution is 2.30. The van der Waals surface area contributed by atoms with E-state index in [1.165, 1.54) is 0 Å². The number of carbonyl (C=O) groups is 3. The SMILES string of the molecule is CCC(=O)NCC(=O)NC(C)c1ccc(NC(=O)C2CC2)cc1. The molecule has 0 aromatic heterocycles. The Balaban J connectivity index is 1.81. The molecule has 1 aromatic carbocycles. The van der Waals surface area contributed by atoms with Crippen LogP contribution < -0.4 is 16.0 Å². The molecular weight excluding hydrogens is 294 g/mol. The maximum atomic E-state index is 11.8. The maximum Gasteiger partial charge on any atom is 0.239 e. The number of hydrogen-bond donors (Lipinski definition) is 3. The van der Waals surface area contributed by atoms with Gasteiger partial charge < -0.3 is 16.0 Å². The van der Waals surface area contributed by atoms with Crippen molar-refractivity contribution in [3.8, 4) is 0 Å². The molecule has 23 heavy (non-hydrogen) atoms. The number of carbonyl (C=O) groups excluding carboxylic acids is 3. The number of rotatable bonds is 7. The van der Waals surface area contributed by atoms with E-state index in [0.717, 1.165) is 24.1 Å². The average molecular weight is 317 g/mol. The van der Waals surface area contributed by atoms with Crippen LogP contribution in [0.5, 0.6) is 0 Å². The molecule has 1 aliphatic carbocycles. The fourth-order valence-corrected chi connectivity index (χ4v) is 2.12. The molecule has 1 fully saturated rings. The summed E-state index contributed by atoms with van der Waals surface area (Å²) >= 11 is 0. The van der Waals surface area contributed by atoms with Crippen molar-refractivity contribution in [1.82, 2.24) is 10.6 Å². The first kappa shape index (κ1) is 17.0. The minimum absolute atomic E-state index is 0.0213. The van der Waals surface area contributed by atoms with Gasteiger partial charge in [0.2, 0.25) is 17.7 Å². The molecular formula is C17H23N3O3. The second-order valence-corrected chi connectivity index (χ2v) is 5.81. The van der Waals surface area contributed by atoms with Crippen LogP contribution in [0.4, 0.5) is 5.69 Å². The molecule has 1 saturated carbocycles. The Morgan fingerprint density at radius 2 is 1.78 bits per heavy atom. The van der Waals surface area contributed by atoms with Crippen LogP contribution in [0.2, 0.25) is 0 Å². The normalized spacial score (nSPS) is 14.7. The molecule has 3 amide bonds. The van der Waals surface area contributed by atoms with Crippen molar-refractivity contribution >= 4 is 23.4 Å². The second kappa shape index (κ2) is 7.76. The Labute approximate surface area is 136 Å². The van der Waals surface area contributed by atoms with Crippen LogP contribution in [0.3, 0.4) is 0 Å². The quantitative estimate of drug-likeness (QED) is 0.716. The first-order valence-electron chi connectivity index (χ1n) is 7.96. The maximum absolute atomic E-state index is 11.8. The summed E-state index contributed by atoms with van der Waals surface area (Å²) in [4.78, 5) is 34.6. The van der Waals surface area contributed by atoms with Gasteiger partial charge in [0.05, 0.1) is 12.6 Å². The summed E-state index contributed by atoms with van der Waals surface area (Å²) in [6.45, 7) is 3.59. The van der Waals surface area contributed by atoms with Crippen molar-refractivity contribution in [2.75, 3.05) is 11.9 Å². The van der Waals surface area contributed by atoms with E-state index < -0.39 is 0 Å². The summed E-state index contributed by atoms with van der Waals surface area (Å²) < 4.78 is 0. The fourth-order valence-electron chi connectivity index (χ4n) is 2.12. The summed E-state index contributed by atoms with van der Waals surface area (Å²) in [5, 5.41) is 8.24. The Kier molecular flexibility index (Phi) is 5.73. The van der Waals surface area contributed by atoms with E-state index in [0.29, 0.717) is 6.42 Å². The van der Waals surface area contributed by atoms with E-state index in [1.807, 2.05) is 31.2 Å². The van der Waals surface area contributed by atoms with Gasteiger partial charge in [0.15, 0.2) is 0 Å². The van der Waals surface area contributed by atoms with Gasteiger partial charge in [-0.25, -0.2) is 0 Å². The van der Waals surface area contributed by atoms with Gasteiger partial charge in [-0.2, -0.15) is 0 Å². The van der Waals surface area contributed by atoms with E-state index in [1.54, 1.807) is 6.92 Å². The van der Waals surface area contributed by atoms with Gasteiger partial charge in [0.1, 0.15) is 0 Å². The molecule has 124 valence electrons. The molecule has 1 atom stereocenters. The summed E-state index contributed by atoms with van der Waals surface area (Å²) in [5.74, 6) is -0.133. The number of nitrogens with one attached hydrogen (secondary N) is 3. The molecule has 3 N–H and O–H groups in total. The van der Waals surface area contributed by atoms with Crippen LogP contribution in [0, 0.1) is 5.92 Å². The third-order valence-corrected chi connectivity index (χ3v) is 3.77. The van der Waals surface area contributed by atoms with Gasteiger partial charge in [-0.15, -0.1) is 0 Å². The van der Waals surface area contributed by atoms with E-state index >= 15 is 0 Å². The van der Waals surface area contributed by atoms with E-state index in [4.69, 9.17) is 0 Å². The number of anilines is 1. The van der Waals surface area contributed by atoms with Crippen molar-refractivity contribution < 1.29 is 14.4 Å². The van der Waals surface area contributed by atoms with Crippen LogP contribution in [0.25, 0.3) is 0 Å². The van der Waals surface area contributed by atoms with Crippen molar-refractivity contribution in [2.45, 2.75) is 39.2 Å². The van der Waals surface area contributed by atoms with Crippen LogP contribution in [-0.2, 0) is 14.4 Å². The number of benzene rings is 1. The van der Waals surface area contributed by atoms with E-state index in [2.05, 4.69) is 16.0 Å². The van der Waals surface area contributed by atoms with Gasteiger partial charge >= 0.3 is 0 Å². The Morgan fingerprint density at radius 3 is 2.35 bits per heavy atom. The highest BCUT2D eigenvalue weighted by Gasteiger charge is 2.29. The van der Waals surface area contributed by atoms with Gasteiger partial charge in [-0.3, -0.25) is 14.4 Å². The van der Waals surface area contributed by atoms with Gasteiger partial charge in [-0.1, -0.05) is 19.1 Å². The minimum atomic E-state index is -0.231. The van der Waals surface area contributed by atoms with Crippen molar-refractivity contribution in [3.63, 3.8) is 0 Å². The van der Waals surface area contributed by atoms with Crippen LogP contribution >= 0.6 is 0 Å². The molecule has 1 aromatic rings. The van der Waals surface area contributed by atoms with E-state index in [-0.39, 0.29) is 36.2 Å². The van der Waals surface area contributed by atoms with Crippen LogP contribution in [0.15, 0.2) is 24.3 Å². The Hall–Kier alpha value is -2.37. The summed E-state index contributed by atoms with van der Waals surface area (Å²) in [7, 11) is 0. The fraction of sp³-hybridized carbons (Fsp3) is 0.471. The second-order valence-electron chi connectivity index (χ2n) is 5.81. The zero-order valence-corrected chi connectivity index (χ0v) is 13.5. The standard InChI is InChI=1S/C17H23N3O3/c1-3-15(21)18-10-16(22)19-11(2)12-6-8-14(9-7-12)20-17(23)13-4-5-13/h6-9,11,13H,3-5,10H2,1-2H3,(H,18,21)(H,19,22)(H,20,23). The lowest BCUT2D eigenvalue weighted by Gasteiger charge is -2.15. The Morgan fingerprint density at radius 1 is 1.13 bits per heavy atom. The molecule has 0 bridgehead atoms. The van der Waals surface area contributed by atoms with Crippen molar-refractivity contribution in [3.05, 3.63) is 29.8 Å². The van der Waals surface area contributed by atoms with Crippen molar-refractivity contribution in [1.29, 1.82) is 0 Å². The first-order chi connectivity index (χ1) is 11.0. The molecule has 0 radical (unpaired) electrons. The van der Waals surface area contributed by atoms with E-state index in [9.17, 15) is 14.4 Å². The largest absolute Gasteiger partial charge is 0.348 e. The molecule has 2 rings (SSSR count). The smallest absolute Gasteiger partial charge is 0.239 e. The predicted octanol–water partition coefficient (Wildman–Crippen LogP) is 1.74. The third-order valence-electron chi connectivity index (χ3n) is 3.77. The number of amides is 3. The molecule has 6 nitrogen and oxygen atoms in total. The predicted molar refractivity (Wildman–Crippen MR) is 87.7 cm³/mol. The van der Waals surface area contributed by atoms with Gasteiger partial charge in [0.25, 0.3) is 0 Å². The zero-order chi connectivity index (χ0) is 16.8. The molecule has 0 heterocycles. The molecule has 0 aliphatic heterocycles. The monoisotopic (exact) mass is 317 g/mol. The summed E-state index contributed by atoms with van der Waals surface area (Å²) in [6.07, 6.45) is 2.31. The minimum Gasteiger partial charge on any atom is -0.348 e. The lowest BCUT2D eigenvalue weighted by Crippen LogP contribution is -2.37. The van der Waals surface area contributed by atoms with Crippen LogP contribution in [-0.4, -0.2) is 24.3 Å². The third kappa shape index (κ3) is 5.39. The van der Waals surface area contributed by atoms with Gasteiger partial charge in [0, 0.05) is 18.0 Å². The zero-order valence-electron chi connectivity index (χ0n) is 13.5. The highest BCUT2D eigenvalue weighted by molar-refractivity contribution is 5.94. The molecule has 1 aliphatic rings. The lowest BCUT2D eigenvalue weighted by molar-refractivity contribution is -0.126. The topological polar surface area (TPSA) is 87.3 Å².